The quantitative estimate of drug-likeness (QED) is 0.619. The third-order valence-corrected chi connectivity index (χ3v) is 3.58. The minimum atomic E-state index is 0.0543. The molecule has 1 fully saturated rings. The highest BCUT2D eigenvalue weighted by atomic mass is 16.2. The molecule has 0 unspecified atom stereocenters. The molecule has 1 saturated heterocycles. The van der Waals surface area contributed by atoms with Gasteiger partial charge in [0.25, 0.3) is 0 Å². The van der Waals surface area contributed by atoms with Gasteiger partial charge in [-0.2, -0.15) is 0 Å². The topological polar surface area (TPSA) is 64.6 Å². The van der Waals surface area contributed by atoms with Gasteiger partial charge in [0.1, 0.15) is 0 Å². The molecule has 1 heterocycles. The zero-order valence-electron chi connectivity index (χ0n) is 12.4. The fourth-order valence-corrected chi connectivity index (χ4v) is 2.30. The predicted octanol–water partition coefficient (Wildman–Crippen LogP) is 0.197. The summed E-state index contributed by atoms with van der Waals surface area (Å²) in [5.41, 5.74) is 0.0543. The van der Waals surface area contributed by atoms with E-state index in [1.165, 1.54) is 0 Å². The second-order valence-electron chi connectivity index (χ2n) is 6.15. The highest BCUT2D eigenvalue weighted by molar-refractivity contribution is 5.78. The molecule has 1 rings (SSSR count). The van der Waals surface area contributed by atoms with Crippen molar-refractivity contribution in [2.24, 2.45) is 5.41 Å². The Morgan fingerprint density at radius 1 is 1.37 bits per heavy atom. The molecular formula is C14H29N3O2. The van der Waals surface area contributed by atoms with Crippen molar-refractivity contribution >= 4 is 5.91 Å². The summed E-state index contributed by atoms with van der Waals surface area (Å²) < 4.78 is 0. The van der Waals surface area contributed by atoms with E-state index in [1.54, 1.807) is 0 Å². The Balaban J connectivity index is 2.22. The average molecular weight is 271 g/mol. The van der Waals surface area contributed by atoms with Crippen molar-refractivity contribution < 1.29 is 9.90 Å². The van der Waals surface area contributed by atoms with Gasteiger partial charge in [0.2, 0.25) is 5.91 Å². The Hall–Kier alpha value is -0.650. The van der Waals surface area contributed by atoms with Crippen molar-refractivity contribution in [2.75, 3.05) is 45.9 Å². The molecule has 3 N–H and O–H groups in total. The molecule has 0 radical (unpaired) electrons. The summed E-state index contributed by atoms with van der Waals surface area (Å²) in [5.74, 6) is 0.110. The molecule has 1 amide bonds. The number of amides is 1. The van der Waals surface area contributed by atoms with Gasteiger partial charge in [0, 0.05) is 26.2 Å². The molecule has 5 nitrogen and oxygen atoms in total. The third kappa shape index (κ3) is 7.50. The first-order valence-electron chi connectivity index (χ1n) is 7.34. The van der Waals surface area contributed by atoms with Gasteiger partial charge in [-0.3, -0.25) is 9.69 Å². The van der Waals surface area contributed by atoms with Gasteiger partial charge in [-0.15, -0.1) is 0 Å². The summed E-state index contributed by atoms with van der Waals surface area (Å²) in [6.07, 6.45) is 2.83. The highest BCUT2D eigenvalue weighted by Crippen LogP contribution is 2.20. The molecule has 0 bridgehead atoms. The van der Waals surface area contributed by atoms with Gasteiger partial charge in [-0.25, -0.2) is 0 Å². The Kier molecular flexibility index (Phi) is 7.34. The molecule has 0 aliphatic carbocycles. The Morgan fingerprint density at radius 2 is 2.16 bits per heavy atom. The summed E-state index contributed by atoms with van der Waals surface area (Å²) in [6.45, 7) is 9.60. The molecule has 0 atom stereocenters. The second kappa shape index (κ2) is 8.51. The van der Waals surface area contributed by atoms with E-state index < -0.39 is 0 Å². The zero-order valence-corrected chi connectivity index (χ0v) is 12.4. The fraction of sp³-hybridized carbons (Fsp3) is 0.929. The van der Waals surface area contributed by atoms with Crippen LogP contribution in [0, 0.1) is 5.41 Å². The van der Waals surface area contributed by atoms with Gasteiger partial charge < -0.3 is 15.7 Å². The molecule has 0 aromatic carbocycles. The number of rotatable bonds is 7. The van der Waals surface area contributed by atoms with Crippen molar-refractivity contribution in [3.05, 3.63) is 0 Å². The molecule has 0 saturated carbocycles. The van der Waals surface area contributed by atoms with E-state index in [4.69, 9.17) is 5.11 Å². The summed E-state index contributed by atoms with van der Waals surface area (Å²) in [5, 5.41) is 15.2. The van der Waals surface area contributed by atoms with E-state index in [9.17, 15) is 4.79 Å². The number of carbonyl (C=O) groups is 1. The number of hydrogen-bond acceptors (Lipinski definition) is 4. The molecule has 1 aliphatic rings. The highest BCUT2D eigenvalue weighted by Gasteiger charge is 2.19. The van der Waals surface area contributed by atoms with Gasteiger partial charge in [0.05, 0.1) is 6.54 Å². The smallest absolute Gasteiger partial charge is 0.234 e. The minimum Gasteiger partial charge on any atom is -0.396 e. The van der Waals surface area contributed by atoms with Crippen LogP contribution in [0.15, 0.2) is 0 Å². The van der Waals surface area contributed by atoms with Crippen LogP contribution < -0.4 is 10.6 Å². The lowest BCUT2D eigenvalue weighted by Gasteiger charge is -2.26. The first kappa shape index (κ1) is 16.4. The van der Waals surface area contributed by atoms with Crippen LogP contribution in [-0.2, 0) is 4.79 Å². The van der Waals surface area contributed by atoms with Crippen molar-refractivity contribution in [2.45, 2.75) is 33.1 Å². The van der Waals surface area contributed by atoms with E-state index in [2.05, 4.69) is 29.4 Å². The number of nitrogens with zero attached hydrogens (tertiary/aromatic N) is 1. The largest absolute Gasteiger partial charge is 0.396 e. The van der Waals surface area contributed by atoms with Crippen LogP contribution in [0.3, 0.4) is 0 Å². The molecule has 1 aliphatic heterocycles. The van der Waals surface area contributed by atoms with Crippen LogP contribution >= 0.6 is 0 Å². The van der Waals surface area contributed by atoms with Gasteiger partial charge >= 0.3 is 0 Å². The second-order valence-corrected chi connectivity index (χ2v) is 6.15. The van der Waals surface area contributed by atoms with Crippen molar-refractivity contribution in [3.63, 3.8) is 0 Å². The monoisotopic (exact) mass is 271 g/mol. The van der Waals surface area contributed by atoms with E-state index in [0.717, 1.165) is 45.4 Å². The average Bonchev–Trinajstić information content (AvgIpc) is 2.63. The molecule has 19 heavy (non-hydrogen) atoms. The Bertz CT molecular complexity index is 261. The maximum absolute atomic E-state index is 11.9. The Labute approximate surface area is 116 Å². The standard InChI is InChI=1S/C14H29N3O2/c1-14(2,5-3-10-18)12-16-13(19)11-17-8-4-6-15-7-9-17/h15,18H,3-12H2,1-2H3,(H,16,19). The van der Waals surface area contributed by atoms with Gasteiger partial charge in [-0.1, -0.05) is 13.8 Å². The van der Waals surface area contributed by atoms with Crippen LogP contribution in [0.1, 0.15) is 33.1 Å². The molecule has 0 aromatic rings. The Morgan fingerprint density at radius 3 is 2.89 bits per heavy atom. The van der Waals surface area contributed by atoms with E-state index in [0.29, 0.717) is 13.1 Å². The predicted molar refractivity (Wildman–Crippen MR) is 77.0 cm³/mol. The van der Waals surface area contributed by atoms with Crippen LogP contribution in [0.4, 0.5) is 0 Å². The van der Waals surface area contributed by atoms with Crippen LogP contribution in [0.25, 0.3) is 0 Å². The van der Waals surface area contributed by atoms with Gasteiger partial charge in [-0.05, 0) is 37.8 Å². The lowest BCUT2D eigenvalue weighted by Crippen LogP contribution is -2.42. The lowest BCUT2D eigenvalue weighted by molar-refractivity contribution is -0.122. The first-order chi connectivity index (χ1) is 9.03. The minimum absolute atomic E-state index is 0.0543. The maximum Gasteiger partial charge on any atom is 0.234 e. The van der Waals surface area contributed by atoms with E-state index in [1.807, 2.05) is 0 Å². The summed E-state index contributed by atoms with van der Waals surface area (Å²) in [7, 11) is 0. The fourth-order valence-electron chi connectivity index (χ4n) is 2.30. The zero-order chi connectivity index (χ0) is 14.1. The van der Waals surface area contributed by atoms with Crippen LogP contribution in [-0.4, -0.2) is 61.8 Å². The molecule has 0 spiro atoms. The summed E-state index contributed by atoms with van der Waals surface area (Å²) >= 11 is 0. The summed E-state index contributed by atoms with van der Waals surface area (Å²) in [4.78, 5) is 14.1. The number of aliphatic hydroxyl groups excluding tert-OH is 1. The normalized spacial score (nSPS) is 18.1. The van der Waals surface area contributed by atoms with Crippen LogP contribution in [0.5, 0.6) is 0 Å². The summed E-state index contributed by atoms with van der Waals surface area (Å²) in [6, 6.07) is 0. The maximum atomic E-state index is 11.9. The van der Waals surface area contributed by atoms with E-state index >= 15 is 0 Å². The number of hydrogen-bond donors (Lipinski definition) is 3. The number of carbonyl (C=O) groups excluding carboxylic acids is 1. The van der Waals surface area contributed by atoms with Crippen LogP contribution in [0.2, 0.25) is 0 Å². The molecule has 112 valence electrons. The van der Waals surface area contributed by atoms with Crippen molar-refractivity contribution in [3.8, 4) is 0 Å². The number of aliphatic hydroxyl groups is 1. The molecule has 0 aromatic heterocycles. The molecule has 5 heteroatoms. The van der Waals surface area contributed by atoms with E-state index in [-0.39, 0.29) is 17.9 Å². The first-order valence-corrected chi connectivity index (χ1v) is 7.34. The van der Waals surface area contributed by atoms with Crippen molar-refractivity contribution in [1.29, 1.82) is 0 Å². The number of nitrogens with one attached hydrogen (secondary N) is 2. The van der Waals surface area contributed by atoms with Crippen molar-refractivity contribution in [1.82, 2.24) is 15.5 Å². The lowest BCUT2D eigenvalue weighted by atomic mass is 9.88. The molecular weight excluding hydrogens is 242 g/mol. The third-order valence-electron chi connectivity index (χ3n) is 3.58. The SMILES string of the molecule is CC(C)(CCCO)CNC(=O)CN1CCCNCC1. The van der Waals surface area contributed by atoms with Gasteiger partial charge in [0.15, 0.2) is 0 Å².